The maximum atomic E-state index is 11.4. The van der Waals surface area contributed by atoms with Crippen LogP contribution in [-0.2, 0) is 28.9 Å². The second kappa shape index (κ2) is 7.21. The molecule has 32 heavy (non-hydrogen) atoms. The van der Waals surface area contributed by atoms with Crippen molar-refractivity contribution in [1.82, 2.24) is 0 Å². The quantitative estimate of drug-likeness (QED) is 0.525. The van der Waals surface area contributed by atoms with Crippen LogP contribution in [0.1, 0.15) is 92.9 Å². The van der Waals surface area contributed by atoms with E-state index in [-0.39, 0.29) is 35.8 Å². The van der Waals surface area contributed by atoms with Gasteiger partial charge in [0.25, 0.3) is 0 Å². The van der Waals surface area contributed by atoms with E-state index in [9.17, 15) is 30.0 Å². The van der Waals surface area contributed by atoms with Crippen molar-refractivity contribution in [2.24, 2.45) is 16.7 Å². The first-order chi connectivity index (χ1) is 15.1. The van der Waals surface area contributed by atoms with Crippen molar-refractivity contribution in [2.75, 3.05) is 0 Å². The number of carboxylic acid groups (broad SMARTS) is 2. The van der Waals surface area contributed by atoms with Crippen molar-refractivity contribution < 1.29 is 30.0 Å². The third-order valence-electron chi connectivity index (χ3n) is 10.2. The van der Waals surface area contributed by atoms with E-state index in [0.717, 1.165) is 62.5 Å². The van der Waals surface area contributed by atoms with Crippen LogP contribution in [0.25, 0.3) is 0 Å². The molecule has 0 amide bonds. The highest BCUT2D eigenvalue weighted by Crippen LogP contribution is 2.77. The third-order valence-corrected chi connectivity index (χ3v) is 10.2. The van der Waals surface area contributed by atoms with E-state index in [4.69, 9.17) is 0 Å². The number of aryl methyl sites for hydroxylation is 1. The summed E-state index contributed by atoms with van der Waals surface area (Å²) in [5.41, 5.74) is 3.33. The van der Waals surface area contributed by atoms with Crippen molar-refractivity contribution in [3.05, 3.63) is 28.3 Å². The normalized spacial score (nSPS) is 36.9. The summed E-state index contributed by atoms with van der Waals surface area (Å²) >= 11 is 0. The third kappa shape index (κ3) is 2.81. The number of aromatic hydroxyl groups is 1. The molecule has 6 nitrogen and oxygen atoms in total. The fourth-order valence-corrected chi connectivity index (χ4v) is 8.64. The van der Waals surface area contributed by atoms with Crippen molar-refractivity contribution in [3.8, 4) is 5.75 Å². The van der Waals surface area contributed by atoms with Gasteiger partial charge in [0.2, 0.25) is 0 Å². The number of fused-ring (bicyclic) bond motifs is 3. The lowest BCUT2D eigenvalue weighted by atomic mass is 9.47. The predicted molar refractivity (Wildman–Crippen MR) is 118 cm³/mol. The fraction of sp³-hybridized carbons (Fsp3) is 0.692. The number of aliphatic carboxylic acids is 2. The van der Waals surface area contributed by atoms with Crippen LogP contribution >= 0.6 is 0 Å². The molecular weight excluding hydrogens is 408 g/mol. The van der Waals surface area contributed by atoms with Crippen LogP contribution in [0.15, 0.2) is 6.07 Å². The van der Waals surface area contributed by atoms with Gasteiger partial charge in [-0.3, -0.25) is 9.59 Å². The summed E-state index contributed by atoms with van der Waals surface area (Å²) in [6.07, 6.45) is 8.10. The van der Waals surface area contributed by atoms with Gasteiger partial charge in [0.1, 0.15) is 5.75 Å². The summed E-state index contributed by atoms with van der Waals surface area (Å²) in [4.78, 5) is 22.7. The van der Waals surface area contributed by atoms with Crippen LogP contribution in [0.3, 0.4) is 0 Å². The van der Waals surface area contributed by atoms with Gasteiger partial charge in [-0.05, 0) is 110 Å². The first kappa shape index (κ1) is 21.7. The predicted octanol–water partition coefficient (Wildman–Crippen LogP) is 4.18. The Hall–Kier alpha value is -2.08. The standard InChI is InChI=1S/C26H34O6/c1-24-9-8-18-19(25(24)10-12-26(24,32)13-11-25)5-2-15-14-20(27)16(3-6-21(28)29)17(23(15)18)4-7-22(30)31/h14,18-19,27,32H,2-13H2,1H3,(H,28,29)(H,30,31)/t18-,19+,24-,25-,26+/m0/s1. The molecule has 4 aliphatic rings. The van der Waals surface area contributed by atoms with Gasteiger partial charge in [-0.25, -0.2) is 0 Å². The summed E-state index contributed by atoms with van der Waals surface area (Å²) in [5, 5.41) is 40.8. The maximum absolute atomic E-state index is 11.4. The van der Waals surface area contributed by atoms with Gasteiger partial charge in [0.05, 0.1) is 5.60 Å². The Morgan fingerprint density at radius 1 is 0.969 bits per heavy atom. The molecule has 0 radical (unpaired) electrons. The van der Waals surface area contributed by atoms with Gasteiger partial charge >= 0.3 is 11.9 Å². The highest BCUT2D eigenvalue weighted by Gasteiger charge is 2.73. The zero-order chi connectivity index (χ0) is 22.9. The first-order valence-electron chi connectivity index (χ1n) is 12.1. The minimum atomic E-state index is -0.923. The van der Waals surface area contributed by atoms with Gasteiger partial charge in [-0.15, -0.1) is 0 Å². The second-order valence-corrected chi connectivity index (χ2v) is 11.0. The van der Waals surface area contributed by atoms with Crippen LogP contribution in [0.4, 0.5) is 0 Å². The van der Waals surface area contributed by atoms with Crippen LogP contribution in [0, 0.1) is 16.7 Å². The zero-order valence-corrected chi connectivity index (χ0v) is 18.8. The van der Waals surface area contributed by atoms with Crippen molar-refractivity contribution >= 4 is 11.9 Å². The molecule has 2 bridgehead atoms. The van der Waals surface area contributed by atoms with Gasteiger partial charge < -0.3 is 20.4 Å². The number of hydrogen-bond donors (Lipinski definition) is 4. The molecule has 4 N–H and O–H groups in total. The zero-order valence-electron chi connectivity index (χ0n) is 18.8. The highest BCUT2D eigenvalue weighted by atomic mass is 16.4. The summed E-state index contributed by atoms with van der Waals surface area (Å²) in [6, 6.07) is 1.82. The Kier molecular flexibility index (Phi) is 4.90. The summed E-state index contributed by atoms with van der Waals surface area (Å²) in [6.45, 7) is 2.30. The smallest absolute Gasteiger partial charge is 0.303 e. The first-order valence-corrected chi connectivity index (χ1v) is 12.1. The number of carboxylic acids is 2. The van der Waals surface area contributed by atoms with E-state index in [0.29, 0.717) is 23.8 Å². The fourth-order valence-electron chi connectivity index (χ4n) is 8.64. The number of aliphatic hydroxyl groups is 1. The van der Waals surface area contributed by atoms with Crippen molar-refractivity contribution in [3.63, 3.8) is 0 Å². The lowest BCUT2D eigenvalue weighted by molar-refractivity contribution is -0.138. The molecule has 1 aromatic rings. The summed E-state index contributed by atoms with van der Waals surface area (Å²) in [7, 11) is 0. The van der Waals surface area contributed by atoms with Crippen LogP contribution in [0.5, 0.6) is 5.75 Å². The van der Waals surface area contributed by atoms with E-state index >= 15 is 0 Å². The summed E-state index contributed by atoms with van der Waals surface area (Å²) in [5.74, 6) is -0.956. The second-order valence-electron chi connectivity index (χ2n) is 11.0. The van der Waals surface area contributed by atoms with Gasteiger partial charge in [0.15, 0.2) is 0 Å². The minimum absolute atomic E-state index is 0.0318. The van der Waals surface area contributed by atoms with E-state index in [2.05, 4.69) is 6.92 Å². The average molecular weight is 443 g/mol. The molecule has 0 heterocycles. The molecule has 3 fully saturated rings. The molecule has 0 spiro atoms. The Bertz CT molecular complexity index is 973. The Morgan fingerprint density at radius 2 is 1.59 bits per heavy atom. The number of phenolic OH excluding ortho intramolecular Hbond substituents is 1. The molecule has 5 rings (SSSR count). The van der Waals surface area contributed by atoms with Gasteiger partial charge in [-0.2, -0.15) is 0 Å². The van der Waals surface area contributed by atoms with E-state index in [1.54, 1.807) is 0 Å². The molecule has 0 saturated heterocycles. The molecule has 0 aliphatic heterocycles. The number of carbonyl (C=O) groups is 2. The van der Waals surface area contributed by atoms with E-state index < -0.39 is 17.5 Å². The van der Waals surface area contributed by atoms with E-state index in [1.807, 2.05) is 6.07 Å². The van der Waals surface area contributed by atoms with Crippen LogP contribution < -0.4 is 0 Å². The minimum Gasteiger partial charge on any atom is -0.508 e. The molecule has 0 aromatic heterocycles. The largest absolute Gasteiger partial charge is 0.508 e. The van der Waals surface area contributed by atoms with Gasteiger partial charge in [0, 0.05) is 18.3 Å². The molecule has 3 saturated carbocycles. The van der Waals surface area contributed by atoms with Crippen LogP contribution in [-0.4, -0.2) is 38.0 Å². The molecular formula is C26H34O6. The van der Waals surface area contributed by atoms with Crippen LogP contribution in [0.2, 0.25) is 0 Å². The molecule has 174 valence electrons. The van der Waals surface area contributed by atoms with E-state index in [1.165, 1.54) is 5.56 Å². The summed E-state index contributed by atoms with van der Waals surface area (Å²) < 4.78 is 0. The monoisotopic (exact) mass is 442 g/mol. The Morgan fingerprint density at radius 3 is 2.22 bits per heavy atom. The lowest BCUT2D eigenvalue weighted by Crippen LogP contribution is -2.52. The number of phenols is 1. The molecule has 0 unspecified atom stereocenters. The molecule has 3 atom stereocenters. The van der Waals surface area contributed by atoms with Crippen molar-refractivity contribution in [1.29, 1.82) is 0 Å². The SMILES string of the molecule is C[C@]12CC[C@@H]3c4c(cc(O)c(CCC(=O)O)c4CCC(=O)O)CC[C@H]3[C@]13CC[C@]2(O)CC3. The lowest BCUT2D eigenvalue weighted by Gasteiger charge is -2.57. The van der Waals surface area contributed by atoms with Crippen molar-refractivity contribution in [2.45, 2.75) is 95.5 Å². The number of benzene rings is 1. The number of hydrogen-bond acceptors (Lipinski definition) is 4. The highest BCUT2D eigenvalue weighted by molar-refractivity contribution is 5.69. The Balaban J connectivity index is 1.60. The molecule has 4 aliphatic carbocycles. The topological polar surface area (TPSA) is 115 Å². The van der Waals surface area contributed by atoms with Gasteiger partial charge in [-0.1, -0.05) is 6.92 Å². The molecule has 6 heteroatoms. The Labute approximate surface area is 188 Å². The maximum Gasteiger partial charge on any atom is 0.303 e. The average Bonchev–Trinajstić information content (AvgIpc) is 3.11. The molecule has 1 aromatic carbocycles. The number of rotatable bonds is 6.